The van der Waals surface area contributed by atoms with Gasteiger partial charge in [-0.25, -0.2) is 18.1 Å². The zero-order valence-corrected chi connectivity index (χ0v) is 19.7. The van der Waals surface area contributed by atoms with Crippen molar-refractivity contribution in [2.45, 2.75) is 51.7 Å². The van der Waals surface area contributed by atoms with Crippen LogP contribution in [0.3, 0.4) is 0 Å². The molecule has 1 unspecified atom stereocenters. The molecule has 172 valence electrons. The number of guanidine groups is 1. The van der Waals surface area contributed by atoms with Crippen LogP contribution < -0.4 is 15.4 Å². The van der Waals surface area contributed by atoms with Crippen LogP contribution in [0.4, 0.5) is 0 Å². The molecule has 0 heterocycles. The number of nitrogens with zero attached hydrogens (tertiary/aromatic N) is 1. The first-order valence-corrected chi connectivity index (χ1v) is 12.0. The van der Waals surface area contributed by atoms with E-state index in [1.807, 2.05) is 19.9 Å². The van der Waals surface area contributed by atoms with Gasteiger partial charge in [0.2, 0.25) is 10.0 Å². The van der Waals surface area contributed by atoms with Crippen molar-refractivity contribution in [1.29, 1.82) is 0 Å². The Morgan fingerprint density at radius 1 is 1.17 bits per heavy atom. The van der Waals surface area contributed by atoms with Gasteiger partial charge in [-0.05, 0) is 43.9 Å². The van der Waals surface area contributed by atoms with Crippen LogP contribution >= 0.6 is 0 Å². The Morgan fingerprint density at radius 3 is 2.57 bits per heavy atom. The Morgan fingerprint density at radius 2 is 1.93 bits per heavy atom. The number of benzene rings is 1. The summed E-state index contributed by atoms with van der Waals surface area (Å²) in [5.41, 5.74) is 0.816. The molecule has 8 nitrogen and oxygen atoms in total. The third kappa shape index (κ3) is 9.88. The van der Waals surface area contributed by atoms with Gasteiger partial charge in [0, 0.05) is 33.4 Å². The Kier molecular flexibility index (Phi) is 12.6. The minimum Gasteiger partial charge on any atom is -0.383 e. The van der Waals surface area contributed by atoms with E-state index in [0.717, 1.165) is 25.1 Å². The molecule has 0 fully saturated rings. The largest absolute Gasteiger partial charge is 0.383 e. The highest BCUT2D eigenvalue weighted by atomic mass is 32.2. The van der Waals surface area contributed by atoms with Crippen molar-refractivity contribution >= 4 is 16.0 Å². The number of hydrogen-bond acceptors (Lipinski definition) is 5. The van der Waals surface area contributed by atoms with E-state index in [4.69, 9.17) is 9.47 Å². The summed E-state index contributed by atoms with van der Waals surface area (Å²) in [5, 5.41) is 6.55. The minimum absolute atomic E-state index is 0.206. The number of ether oxygens (including phenoxy) is 2. The van der Waals surface area contributed by atoms with Crippen molar-refractivity contribution in [3.05, 3.63) is 29.8 Å². The van der Waals surface area contributed by atoms with E-state index in [1.54, 1.807) is 18.2 Å². The lowest BCUT2D eigenvalue weighted by atomic mass is 10.0. The molecule has 0 aliphatic carbocycles. The lowest BCUT2D eigenvalue weighted by Gasteiger charge is -2.21. The minimum atomic E-state index is -3.56. The van der Waals surface area contributed by atoms with Gasteiger partial charge in [-0.1, -0.05) is 26.0 Å². The first-order chi connectivity index (χ1) is 14.3. The average molecular weight is 443 g/mol. The van der Waals surface area contributed by atoms with Crippen LogP contribution in [0.5, 0.6) is 0 Å². The summed E-state index contributed by atoms with van der Waals surface area (Å²) >= 11 is 0. The lowest BCUT2D eigenvalue weighted by Crippen LogP contribution is -2.39. The molecule has 0 bridgehead atoms. The number of methoxy groups -OCH3 is 1. The highest BCUT2D eigenvalue weighted by Crippen LogP contribution is 2.12. The Labute approximate surface area is 181 Å². The van der Waals surface area contributed by atoms with Crippen LogP contribution in [-0.4, -0.2) is 60.4 Å². The smallest absolute Gasteiger partial charge is 0.240 e. The van der Waals surface area contributed by atoms with Crippen LogP contribution in [0.1, 0.15) is 39.7 Å². The maximum atomic E-state index is 12.4. The van der Waals surface area contributed by atoms with E-state index in [0.29, 0.717) is 31.6 Å². The van der Waals surface area contributed by atoms with Gasteiger partial charge in [-0.2, -0.15) is 0 Å². The van der Waals surface area contributed by atoms with Gasteiger partial charge in [-0.15, -0.1) is 0 Å². The van der Waals surface area contributed by atoms with Crippen molar-refractivity contribution in [2.24, 2.45) is 10.9 Å². The summed E-state index contributed by atoms with van der Waals surface area (Å²) in [7, 11) is -2.03. The summed E-state index contributed by atoms with van der Waals surface area (Å²) in [6.07, 6.45) is 1.09. The van der Waals surface area contributed by atoms with Crippen LogP contribution in [0.25, 0.3) is 0 Å². The monoisotopic (exact) mass is 442 g/mol. The van der Waals surface area contributed by atoms with Crippen LogP contribution in [0, 0.1) is 5.92 Å². The van der Waals surface area contributed by atoms with Crippen molar-refractivity contribution in [3.8, 4) is 0 Å². The molecular weight excluding hydrogens is 404 g/mol. The van der Waals surface area contributed by atoms with Gasteiger partial charge in [0.1, 0.15) is 0 Å². The zero-order valence-electron chi connectivity index (χ0n) is 18.9. The van der Waals surface area contributed by atoms with Gasteiger partial charge in [0.15, 0.2) is 5.96 Å². The third-order valence-corrected chi connectivity index (χ3v) is 5.88. The van der Waals surface area contributed by atoms with Gasteiger partial charge in [0.05, 0.1) is 24.2 Å². The summed E-state index contributed by atoms with van der Waals surface area (Å²) in [4.78, 5) is 4.81. The molecule has 0 amide bonds. The fourth-order valence-electron chi connectivity index (χ4n) is 2.84. The maximum absolute atomic E-state index is 12.4. The average Bonchev–Trinajstić information content (AvgIpc) is 2.71. The van der Waals surface area contributed by atoms with Gasteiger partial charge in [-0.3, -0.25) is 0 Å². The van der Waals surface area contributed by atoms with Crippen molar-refractivity contribution in [3.63, 3.8) is 0 Å². The molecular formula is C21H38N4O4S. The molecule has 0 radical (unpaired) electrons. The Balaban J connectivity index is 2.74. The van der Waals surface area contributed by atoms with Gasteiger partial charge in [0.25, 0.3) is 0 Å². The Hall–Kier alpha value is -1.68. The van der Waals surface area contributed by atoms with E-state index in [1.165, 1.54) is 7.11 Å². The third-order valence-electron chi connectivity index (χ3n) is 4.42. The zero-order chi connectivity index (χ0) is 22.4. The first-order valence-electron chi connectivity index (χ1n) is 10.5. The van der Waals surface area contributed by atoms with Crippen LogP contribution in [-0.2, 0) is 26.0 Å². The number of sulfonamides is 1. The lowest BCUT2D eigenvalue weighted by molar-refractivity contribution is 0.0258. The van der Waals surface area contributed by atoms with Crippen molar-refractivity contribution in [2.75, 3.05) is 40.0 Å². The summed E-state index contributed by atoms with van der Waals surface area (Å²) in [5.74, 6) is 1.15. The molecule has 3 N–H and O–H groups in total. The number of hydrogen-bond donors (Lipinski definition) is 3. The number of aliphatic imine (C=N–C) groups is 1. The van der Waals surface area contributed by atoms with E-state index in [2.05, 4.69) is 34.2 Å². The first kappa shape index (κ1) is 26.4. The summed E-state index contributed by atoms with van der Waals surface area (Å²) < 4.78 is 37.9. The fourth-order valence-corrected chi connectivity index (χ4v) is 3.92. The maximum Gasteiger partial charge on any atom is 0.240 e. The molecule has 1 atom stereocenters. The van der Waals surface area contributed by atoms with E-state index in [-0.39, 0.29) is 17.5 Å². The summed E-state index contributed by atoms with van der Waals surface area (Å²) in [6, 6.07) is 6.81. The van der Waals surface area contributed by atoms with Crippen LogP contribution in [0.2, 0.25) is 0 Å². The molecule has 0 aromatic heterocycles. The quantitative estimate of drug-likeness (QED) is 0.232. The van der Waals surface area contributed by atoms with E-state index < -0.39 is 10.0 Å². The predicted molar refractivity (Wildman–Crippen MR) is 121 cm³/mol. The predicted octanol–water partition coefficient (Wildman–Crippen LogP) is 2.12. The van der Waals surface area contributed by atoms with Crippen molar-refractivity contribution in [1.82, 2.24) is 15.4 Å². The molecule has 9 heteroatoms. The molecule has 0 saturated heterocycles. The number of nitrogens with one attached hydrogen (secondary N) is 3. The fraction of sp³-hybridized carbons (Fsp3) is 0.667. The highest BCUT2D eigenvalue weighted by Gasteiger charge is 2.14. The Bertz CT molecular complexity index is 738. The molecule has 0 aliphatic rings. The summed E-state index contributed by atoms with van der Waals surface area (Å²) in [6.45, 7) is 11.4. The topological polar surface area (TPSA) is 101 Å². The molecule has 0 saturated carbocycles. The second-order valence-electron chi connectivity index (χ2n) is 7.19. The molecule has 1 aromatic rings. The number of rotatable bonds is 14. The normalized spacial score (nSPS) is 13.5. The van der Waals surface area contributed by atoms with E-state index in [9.17, 15) is 8.42 Å². The molecule has 0 aliphatic heterocycles. The molecule has 1 aromatic carbocycles. The van der Waals surface area contributed by atoms with E-state index >= 15 is 0 Å². The van der Waals surface area contributed by atoms with Gasteiger partial charge < -0.3 is 20.1 Å². The molecule has 0 spiro atoms. The highest BCUT2D eigenvalue weighted by molar-refractivity contribution is 7.89. The van der Waals surface area contributed by atoms with Gasteiger partial charge >= 0.3 is 0 Å². The standard InChI is InChI=1S/C21H38N4O4S/c1-6-22-21(23-12-11-20(17(3)4)29-7-2)24-16-18-9-8-10-19(15-18)30(26,27)25-13-14-28-5/h8-10,15,17,20,25H,6-7,11-14,16H2,1-5H3,(H2,22,23,24). The second-order valence-corrected chi connectivity index (χ2v) is 8.95. The van der Waals surface area contributed by atoms with Crippen molar-refractivity contribution < 1.29 is 17.9 Å². The molecule has 30 heavy (non-hydrogen) atoms. The van der Waals surface area contributed by atoms with Crippen LogP contribution in [0.15, 0.2) is 34.2 Å². The molecule has 1 rings (SSSR count). The second kappa shape index (κ2) is 14.3. The SMILES string of the molecule is CCNC(=NCc1cccc(S(=O)(=O)NCCOC)c1)NCCC(OCC)C(C)C.